The molecule has 0 N–H and O–H groups in total. The van der Waals surface area contributed by atoms with Crippen LogP contribution in [0.25, 0.3) is 0 Å². The molecular formula is C24H29N7O. The van der Waals surface area contributed by atoms with Gasteiger partial charge >= 0.3 is 0 Å². The number of ether oxygens (including phenoxy) is 1. The van der Waals surface area contributed by atoms with Crippen LogP contribution >= 0.6 is 0 Å². The van der Waals surface area contributed by atoms with Crippen molar-refractivity contribution in [2.75, 3.05) is 24.6 Å². The smallest absolute Gasteiger partial charge is 0.204 e. The molecule has 0 aliphatic carbocycles. The van der Waals surface area contributed by atoms with Crippen molar-refractivity contribution in [3.05, 3.63) is 59.3 Å². The van der Waals surface area contributed by atoms with E-state index in [0.717, 1.165) is 48.0 Å². The normalized spacial score (nSPS) is 13.9. The molecule has 1 aliphatic heterocycles. The van der Waals surface area contributed by atoms with Gasteiger partial charge in [0.25, 0.3) is 0 Å². The summed E-state index contributed by atoms with van der Waals surface area (Å²) < 4.78 is 5.98. The predicted molar refractivity (Wildman–Crippen MR) is 128 cm³/mol. The van der Waals surface area contributed by atoms with Crippen molar-refractivity contribution in [3.63, 3.8) is 0 Å². The van der Waals surface area contributed by atoms with Crippen molar-refractivity contribution in [2.24, 2.45) is 10.1 Å². The maximum absolute atomic E-state index is 5.98. The maximum Gasteiger partial charge on any atom is 0.204 e. The van der Waals surface area contributed by atoms with Crippen molar-refractivity contribution in [1.82, 2.24) is 19.9 Å². The second-order valence-corrected chi connectivity index (χ2v) is 7.57. The van der Waals surface area contributed by atoms with E-state index in [9.17, 15) is 0 Å². The number of para-hydroxylation sites is 1. The summed E-state index contributed by atoms with van der Waals surface area (Å²) in [4.78, 5) is 18.1. The van der Waals surface area contributed by atoms with Crippen molar-refractivity contribution in [2.45, 2.75) is 41.0 Å². The Morgan fingerprint density at radius 1 is 1.00 bits per heavy atom. The third kappa shape index (κ3) is 4.12. The van der Waals surface area contributed by atoms with Gasteiger partial charge in [-0.25, -0.2) is 15.0 Å². The number of pyridine rings is 1. The van der Waals surface area contributed by atoms with Crippen LogP contribution in [-0.2, 0) is 0 Å². The van der Waals surface area contributed by atoms with E-state index in [4.69, 9.17) is 19.8 Å². The summed E-state index contributed by atoms with van der Waals surface area (Å²) in [5.41, 5.74) is 3.86. The van der Waals surface area contributed by atoms with E-state index in [1.807, 2.05) is 50.2 Å². The Kier molecular flexibility index (Phi) is 6.30. The molecule has 0 atom stereocenters. The molecule has 32 heavy (non-hydrogen) atoms. The Labute approximate surface area is 188 Å². The minimum absolute atomic E-state index is 0.620. The molecule has 166 valence electrons. The number of nitrogens with zero attached hydrogens (tertiary/aromatic N) is 7. The van der Waals surface area contributed by atoms with Gasteiger partial charge in [-0.2, -0.15) is 0 Å². The van der Waals surface area contributed by atoms with Gasteiger partial charge in [0.15, 0.2) is 5.82 Å². The molecule has 3 aromatic rings. The molecular weight excluding hydrogens is 402 g/mol. The van der Waals surface area contributed by atoms with Gasteiger partial charge in [-0.1, -0.05) is 19.1 Å². The zero-order valence-electron chi connectivity index (χ0n) is 19.3. The number of aryl methyl sites for hydroxylation is 2. The number of rotatable bonds is 8. The molecule has 0 radical (unpaired) electrons. The number of anilines is 1. The first-order valence-corrected chi connectivity index (χ1v) is 11.1. The fourth-order valence-corrected chi connectivity index (χ4v) is 3.66. The first-order valence-electron chi connectivity index (χ1n) is 11.1. The van der Waals surface area contributed by atoms with Gasteiger partial charge in [0.05, 0.1) is 18.0 Å². The second kappa shape index (κ2) is 9.30. The van der Waals surface area contributed by atoms with Gasteiger partial charge in [-0.3, -0.25) is 0 Å². The average Bonchev–Trinajstić information content (AvgIpc) is 3.31. The van der Waals surface area contributed by atoms with E-state index < -0.39 is 0 Å². The van der Waals surface area contributed by atoms with Crippen LogP contribution in [0.3, 0.4) is 0 Å². The molecule has 0 saturated heterocycles. The summed E-state index contributed by atoms with van der Waals surface area (Å²) in [5.74, 6) is 3.00. The van der Waals surface area contributed by atoms with E-state index in [0.29, 0.717) is 29.7 Å². The molecule has 0 spiro atoms. The van der Waals surface area contributed by atoms with Gasteiger partial charge in [-0.05, 0) is 58.4 Å². The van der Waals surface area contributed by atoms with Crippen LogP contribution in [0.1, 0.15) is 50.1 Å². The highest BCUT2D eigenvalue weighted by Crippen LogP contribution is 2.28. The quantitative estimate of drug-likeness (QED) is 0.531. The van der Waals surface area contributed by atoms with E-state index >= 15 is 0 Å². The Balaban J connectivity index is 1.80. The largest absolute Gasteiger partial charge is 0.493 e. The molecule has 8 nitrogen and oxygen atoms in total. The van der Waals surface area contributed by atoms with Gasteiger partial charge in [-0.15, -0.1) is 15.0 Å². The molecule has 0 fully saturated rings. The molecule has 0 unspecified atom stereocenters. The number of aromatic nitrogens is 4. The van der Waals surface area contributed by atoms with E-state index in [-0.39, 0.29) is 0 Å². The molecule has 2 aromatic heterocycles. The maximum atomic E-state index is 5.98. The molecule has 0 amide bonds. The first-order chi connectivity index (χ1) is 15.5. The standard InChI is InChI=1S/C24H29N7O/c1-6-15-32-20-12-10-9-11-18(20)22-23(24-26-17(5)28-31(24)29-22)27-19-13-14-21(25-16(19)4)30(7-2)8-3/h9-14H,6-8,15H2,1-5H3/b27-23-. The van der Waals surface area contributed by atoms with Crippen molar-refractivity contribution < 1.29 is 4.74 Å². The summed E-state index contributed by atoms with van der Waals surface area (Å²) in [6.45, 7) is 12.6. The SMILES string of the molecule is CCCOc1ccccc1C1=Nn2nc(C)nc2/C1=N\c1ccc(N(CC)CC)nc1C. The predicted octanol–water partition coefficient (Wildman–Crippen LogP) is 4.31. The van der Waals surface area contributed by atoms with Crippen LogP contribution in [-0.4, -0.2) is 51.0 Å². The molecule has 4 rings (SSSR count). The molecule has 1 aromatic carbocycles. The highest BCUT2D eigenvalue weighted by Gasteiger charge is 2.30. The highest BCUT2D eigenvalue weighted by atomic mass is 16.5. The van der Waals surface area contributed by atoms with Crippen LogP contribution in [0.2, 0.25) is 0 Å². The lowest BCUT2D eigenvalue weighted by atomic mass is 10.0. The van der Waals surface area contributed by atoms with Crippen LogP contribution in [0.5, 0.6) is 5.75 Å². The van der Waals surface area contributed by atoms with Crippen molar-refractivity contribution in [3.8, 4) is 5.75 Å². The van der Waals surface area contributed by atoms with Crippen LogP contribution in [0, 0.1) is 13.8 Å². The number of aliphatic imine (C=N–C) groups is 1. The van der Waals surface area contributed by atoms with Gasteiger partial charge in [0, 0.05) is 18.7 Å². The zero-order chi connectivity index (χ0) is 22.7. The lowest BCUT2D eigenvalue weighted by molar-refractivity contribution is 0.317. The Bertz CT molecular complexity index is 1170. The highest BCUT2D eigenvalue weighted by molar-refractivity contribution is 6.54. The lowest BCUT2D eigenvalue weighted by Crippen LogP contribution is -2.23. The van der Waals surface area contributed by atoms with Crippen LogP contribution < -0.4 is 9.64 Å². The summed E-state index contributed by atoms with van der Waals surface area (Å²) >= 11 is 0. The van der Waals surface area contributed by atoms with Gasteiger partial charge in [0.1, 0.15) is 23.0 Å². The Hall–Kier alpha value is -3.55. The molecule has 1 aliphatic rings. The van der Waals surface area contributed by atoms with E-state index in [2.05, 4.69) is 35.8 Å². The Morgan fingerprint density at radius 2 is 1.78 bits per heavy atom. The average molecular weight is 432 g/mol. The molecule has 0 bridgehead atoms. The molecule has 3 heterocycles. The van der Waals surface area contributed by atoms with Crippen LogP contribution in [0.15, 0.2) is 46.5 Å². The summed E-state index contributed by atoms with van der Waals surface area (Å²) in [6, 6.07) is 11.9. The third-order valence-electron chi connectivity index (χ3n) is 5.29. The van der Waals surface area contributed by atoms with Crippen molar-refractivity contribution >= 4 is 22.9 Å². The van der Waals surface area contributed by atoms with Crippen LogP contribution in [0.4, 0.5) is 11.5 Å². The van der Waals surface area contributed by atoms with E-state index in [1.54, 1.807) is 4.79 Å². The summed E-state index contributed by atoms with van der Waals surface area (Å²) in [7, 11) is 0. The molecule has 8 heteroatoms. The number of hydrogen-bond acceptors (Lipinski definition) is 7. The number of hydrogen-bond donors (Lipinski definition) is 0. The van der Waals surface area contributed by atoms with Gasteiger partial charge < -0.3 is 9.64 Å². The topological polar surface area (TPSA) is 80.8 Å². The van der Waals surface area contributed by atoms with E-state index in [1.165, 1.54) is 0 Å². The first kappa shape index (κ1) is 21.7. The van der Waals surface area contributed by atoms with Crippen molar-refractivity contribution in [1.29, 1.82) is 0 Å². The lowest BCUT2D eigenvalue weighted by Gasteiger charge is -2.20. The van der Waals surface area contributed by atoms with Gasteiger partial charge in [0.2, 0.25) is 5.82 Å². The zero-order valence-corrected chi connectivity index (χ0v) is 19.3. The fourth-order valence-electron chi connectivity index (χ4n) is 3.66. The Morgan fingerprint density at radius 3 is 2.50 bits per heavy atom. The number of benzene rings is 1. The summed E-state index contributed by atoms with van der Waals surface area (Å²) in [5, 5.41) is 9.12. The minimum atomic E-state index is 0.620. The monoisotopic (exact) mass is 431 g/mol. The fraction of sp³-hybridized carbons (Fsp3) is 0.375. The number of fused-ring (bicyclic) bond motifs is 1. The third-order valence-corrected chi connectivity index (χ3v) is 5.29. The summed E-state index contributed by atoms with van der Waals surface area (Å²) in [6.07, 6.45) is 0.924. The molecule has 0 saturated carbocycles. The minimum Gasteiger partial charge on any atom is -0.493 e. The second-order valence-electron chi connectivity index (χ2n) is 7.57.